The van der Waals surface area contributed by atoms with Crippen LogP contribution in [0.3, 0.4) is 0 Å². The number of aliphatic hydroxyl groups is 10. The van der Waals surface area contributed by atoms with Crippen LogP contribution in [0.1, 0.15) is 0 Å². The van der Waals surface area contributed by atoms with E-state index in [1.165, 1.54) is 0 Å². The molecule has 10 N–H and O–H groups in total. The van der Waals surface area contributed by atoms with Crippen LogP contribution in [0.2, 0.25) is 0 Å². The van der Waals surface area contributed by atoms with E-state index in [0.29, 0.717) is 0 Å². The van der Waals surface area contributed by atoms with E-state index < -0.39 is 82.1 Å². The number of carbonyl (C=O) groups excluding carboxylic acids is 2. The fraction of sp³-hybridized carbons (Fsp3) is 0.833. The molecule has 0 aromatic rings. The second-order valence-corrected chi connectivity index (χ2v) is 7.31. The average Bonchev–Trinajstić information content (AvgIpc) is 2.67. The summed E-state index contributed by atoms with van der Waals surface area (Å²) in [5, 5.41) is 87.1. The Balaban J connectivity index is 0. The maximum absolute atomic E-state index is 11.8. The molecule has 0 fully saturated rings. The van der Waals surface area contributed by atoms with Crippen molar-refractivity contribution in [3.05, 3.63) is 0 Å². The van der Waals surface area contributed by atoms with Crippen LogP contribution in [-0.2, 0) is 19.4 Å². The van der Waals surface area contributed by atoms with Crippen molar-refractivity contribution in [2.24, 2.45) is 0 Å². The van der Waals surface area contributed by atoms with Crippen molar-refractivity contribution >= 4 is 49.6 Å². The number of hydrogen-bond acceptors (Lipinski definition) is 14. The first-order valence-electron chi connectivity index (χ1n) is 7.24. The predicted octanol–water partition coefficient (Wildman–Crippen LogP) is -8.32. The van der Waals surface area contributed by atoms with E-state index in [-0.39, 0.29) is 29.6 Å². The molecule has 0 aromatic carbocycles. The molecule has 16 heteroatoms. The van der Waals surface area contributed by atoms with Crippen LogP contribution in [0, 0.1) is 0 Å². The van der Waals surface area contributed by atoms with Gasteiger partial charge < -0.3 is 51.1 Å². The summed E-state index contributed by atoms with van der Waals surface area (Å²) in [5.74, 6) is 0. The molecular formula is C12H23NaO14S. The third kappa shape index (κ3) is 6.99. The molecule has 0 aliphatic heterocycles. The molecule has 0 spiro atoms. The standard InChI is InChI=1S/C12H22O14S.Na.H/c13-1-3(15)5(17)7(19)9(21)11(23)27(25,26)12(24)10(22)8(20)6(18)4(16)2-14;;/h3-10,13-22H,1-2H2;;/t3-,4-,5-,6-,7+,8+,9-,10-;;/m1../s1. The van der Waals surface area contributed by atoms with Gasteiger partial charge in [0.2, 0.25) is 0 Å². The fourth-order valence-electron chi connectivity index (χ4n) is 1.74. The molecule has 0 unspecified atom stereocenters. The maximum atomic E-state index is 11.8. The SMILES string of the molecule is O=C([C@H](O)[C@@H](O)[C@H](O)[C@H](O)CO)S(=O)(=O)C(=O)[C@H](O)[C@@H](O)[C@H](O)[C@H](O)CO.[NaH]. The van der Waals surface area contributed by atoms with Crippen molar-refractivity contribution in [2.75, 3.05) is 13.2 Å². The summed E-state index contributed by atoms with van der Waals surface area (Å²) in [6.45, 7) is -2.28. The molecule has 0 saturated carbocycles. The zero-order valence-electron chi connectivity index (χ0n) is 13.5. The minimum atomic E-state index is -5.77. The summed E-state index contributed by atoms with van der Waals surface area (Å²) in [6.07, 6.45) is -20.3. The summed E-state index contributed by atoms with van der Waals surface area (Å²) in [6, 6.07) is 0. The van der Waals surface area contributed by atoms with E-state index in [2.05, 4.69) is 0 Å². The van der Waals surface area contributed by atoms with Crippen LogP contribution in [0.15, 0.2) is 0 Å². The Bertz CT molecular complexity index is 565. The monoisotopic (exact) mass is 446 g/mol. The minimum absolute atomic E-state index is 0. The normalized spacial score (nSPS) is 20.6. The molecule has 0 aliphatic carbocycles. The van der Waals surface area contributed by atoms with Gasteiger partial charge >= 0.3 is 29.6 Å². The molecule has 0 amide bonds. The van der Waals surface area contributed by atoms with E-state index in [1.54, 1.807) is 0 Å². The third-order valence-corrected chi connectivity index (χ3v) is 5.06. The first-order chi connectivity index (χ1) is 12.2. The van der Waals surface area contributed by atoms with Gasteiger partial charge in [0.25, 0.3) is 20.1 Å². The van der Waals surface area contributed by atoms with Crippen LogP contribution in [0.25, 0.3) is 0 Å². The third-order valence-electron chi connectivity index (χ3n) is 3.52. The molecule has 0 radical (unpaired) electrons. The first kappa shape index (κ1) is 30.1. The van der Waals surface area contributed by atoms with Crippen molar-refractivity contribution in [1.29, 1.82) is 0 Å². The van der Waals surface area contributed by atoms with E-state index >= 15 is 0 Å². The molecule has 0 saturated heterocycles. The predicted molar refractivity (Wildman–Crippen MR) is 88.3 cm³/mol. The molecule has 0 heterocycles. The number of aliphatic hydroxyl groups excluding tert-OH is 10. The molecule has 0 aliphatic rings. The van der Waals surface area contributed by atoms with Gasteiger partial charge in [0.05, 0.1) is 13.2 Å². The first-order valence-corrected chi connectivity index (χ1v) is 8.72. The van der Waals surface area contributed by atoms with Gasteiger partial charge in [-0.25, -0.2) is 8.42 Å². The molecule has 28 heavy (non-hydrogen) atoms. The molecule has 0 bridgehead atoms. The van der Waals surface area contributed by atoms with E-state index in [0.717, 1.165) is 0 Å². The van der Waals surface area contributed by atoms with Gasteiger partial charge in [0.15, 0.2) is 12.2 Å². The van der Waals surface area contributed by atoms with Gasteiger partial charge in [-0.05, 0) is 0 Å². The molecule has 0 aromatic heterocycles. The van der Waals surface area contributed by atoms with Gasteiger partial charge in [0.1, 0.15) is 36.6 Å². The van der Waals surface area contributed by atoms with Crippen LogP contribution in [0.5, 0.6) is 0 Å². The fourth-order valence-corrected chi connectivity index (χ4v) is 2.85. The van der Waals surface area contributed by atoms with Gasteiger partial charge in [-0.1, -0.05) is 0 Å². The Labute approximate surface area is 180 Å². The Hall–Kier alpha value is -0.110. The molecule has 0 rings (SSSR count). The van der Waals surface area contributed by atoms with Crippen molar-refractivity contribution in [3.8, 4) is 0 Å². The number of carbonyl (C=O) groups is 2. The second kappa shape index (κ2) is 12.6. The van der Waals surface area contributed by atoms with Gasteiger partial charge in [-0.15, -0.1) is 0 Å². The summed E-state index contributed by atoms with van der Waals surface area (Å²) < 4.78 is 23.6. The quantitative estimate of drug-likeness (QED) is 0.140. The van der Waals surface area contributed by atoms with E-state index in [1.807, 2.05) is 0 Å². The Kier molecular flexibility index (Phi) is 13.5. The Morgan fingerprint density at radius 1 is 0.607 bits per heavy atom. The number of hydrogen-bond donors (Lipinski definition) is 10. The number of rotatable bonds is 10. The van der Waals surface area contributed by atoms with Crippen LogP contribution in [0.4, 0.5) is 0 Å². The zero-order chi connectivity index (χ0) is 21.7. The Morgan fingerprint density at radius 3 is 1.07 bits per heavy atom. The van der Waals surface area contributed by atoms with Crippen LogP contribution >= 0.6 is 0 Å². The molecule has 8 atom stereocenters. The zero-order valence-corrected chi connectivity index (χ0v) is 14.4. The summed E-state index contributed by atoms with van der Waals surface area (Å²) in [4.78, 5) is 23.5. The van der Waals surface area contributed by atoms with Crippen molar-refractivity contribution in [1.82, 2.24) is 0 Å². The topological polar surface area (TPSA) is 271 Å². The molecule has 14 nitrogen and oxygen atoms in total. The van der Waals surface area contributed by atoms with Gasteiger partial charge in [0, 0.05) is 0 Å². The van der Waals surface area contributed by atoms with Crippen molar-refractivity contribution < 1.29 is 69.1 Å². The summed E-state index contributed by atoms with van der Waals surface area (Å²) in [5.41, 5.74) is 0. The summed E-state index contributed by atoms with van der Waals surface area (Å²) in [7, 11) is -5.77. The second-order valence-electron chi connectivity index (χ2n) is 5.49. The molecule has 162 valence electrons. The van der Waals surface area contributed by atoms with E-state index in [4.69, 9.17) is 20.4 Å². The van der Waals surface area contributed by atoms with Crippen molar-refractivity contribution in [2.45, 2.75) is 48.8 Å². The Morgan fingerprint density at radius 2 is 0.857 bits per heavy atom. The van der Waals surface area contributed by atoms with Gasteiger partial charge in [-0.3, -0.25) is 9.59 Å². The summed E-state index contributed by atoms with van der Waals surface area (Å²) >= 11 is 0. The van der Waals surface area contributed by atoms with E-state index in [9.17, 15) is 48.6 Å². The molecular weight excluding hydrogens is 423 g/mol. The van der Waals surface area contributed by atoms with Gasteiger partial charge in [-0.2, -0.15) is 0 Å². The average molecular weight is 446 g/mol. The van der Waals surface area contributed by atoms with Crippen molar-refractivity contribution in [3.63, 3.8) is 0 Å². The van der Waals surface area contributed by atoms with Crippen LogP contribution < -0.4 is 0 Å². The van der Waals surface area contributed by atoms with Crippen LogP contribution in [-0.4, -0.2) is 161 Å². The number of sulfone groups is 1.